The Morgan fingerprint density at radius 1 is 1.40 bits per heavy atom. The fourth-order valence-corrected chi connectivity index (χ4v) is 3.14. The normalized spacial score (nSPS) is 13.1. The van der Waals surface area contributed by atoms with Crippen molar-refractivity contribution in [2.75, 3.05) is 7.11 Å². The molecular weight excluding hydrogens is 343 g/mol. The number of rotatable bonds is 7. The van der Waals surface area contributed by atoms with E-state index in [1.807, 2.05) is 13.8 Å². The van der Waals surface area contributed by atoms with E-state index in [2.05, 4.69) is 10.3 Å². The van der Waals surface area contributed by atoms with E-state index in [0.717, 1.165) is 6.42 Å². The average molecular weight is 364 g/mol. The standard InChI is InChI=1S/C18H21FN2O3S/c1-4-11(2)16(18(23)24-3)21-15(22)9-14-10-25-17(20-14)12-6-5-7-13(19)8-12/h5-8,10-11,16H,4,9H2,1-3H3,(H,21,22). The second-order valence-electron chi connectivity index (χ2n) is 5.78. The molecule has 1 amide bonds. The minimum absolute atomic E-state index is 0.0327. The van der Waals surface area contributed by atoms with Crippen molar-refractivity contribution >= 4 is 23.2 Å². The first kappa shape index (κ1) is 19.1. The third-order valence-corrected chi connectivity index (χ3v) is 4.89. The summed E-state index contributed by atoms with van der Waals surface area (Å²) in [6, 6.07) is 5.48. The lowest BCUT2D eigenvalue weighted by atomic mass is 9.99. The Morgan fingerprint density at radius 2 is 2.16 bits per heavy atom. The fraction of sp³-hybridized carbons (Fsp3) is 0.389. The first-order valence-electron chi connectivity index (χ1n) is 8.02. The van der Waals surface area contributed by atoms with Crippen LogP contribution in [-0.2, 0) is 20.7 Å². The van der Waals surface area contributed by atoms with Crippen molar-refractivity contribution in [1.29, 1.82) is 0 Å². The number of carbonyl (C=O) groups is 2. The Labute approximate surface area is 150 Å². The van der Waals surface area contributed by atoms with Gasteiger partial charge in [-0.1, -0.05) is 32.4 Å². The summed E-state index contributed by atoms with van der Waals surface area (Å²) in [5, 5.41) is 5.12. The average Bonchev–Trinajstić information content (AvgIpc) is 3.06. The summed E-state index contributed by atoms with van der Waals surface area (Å²) in [5.74, 6) is -1.12. The van der Waals surface area contributed by atoms with Crippen molar-refractivity contribution < 1.29 is 18.7 Å². The second-order valence-corrected chi connectivity index (χ2v) is 6.64. The SMILES string of the molecule is CCC(C)C(NC(=O)Cc1csc(-c2cccc(F)c2)n1)C(=O)OC. The van der Waals surface area contributed by atoms with Crippen molar-refractivity contribution in [2.24, 2.45) is 5.92 Å². The molecule has 0 bridgehead atoms. The predicted molar refractivity (Wildman–Crippen MR) is 94.6 cm³/mol. The van der Waals surface area contributed by atoms with Crippen molar-refractivity contribution in [2.45, 2.75) is 32.7 Å². The van der Waals surface area contributed by atoms with Crippen LogP contribution in [0.1, 0.15) is 26.0 Å². The Balaban J connectivity index is 2.04. The smallest absolute Gasteiger partial charge is 0.328 e. The van der Waals surface area contributed by atoms with Gasteiger partial charge in [0.2, 0.25) is 5.91 Å². The molecule has 1 aromatic carbocycles. The van der Waals surface area contributed by atoms with Crippen LogP contribution in [0.15, 0.2) is 29.6 Å². The molecule has 1 N–H and O–H groups in total. The number of halogens is 1. The van der Waals surface area contributed by atoms with Crippen molar-refractivity contribution in [3.63, 3.8) is 0 Å². The predicted octanol–water partition coefficient (Wildman–Crippen LogP) is 3.20. The van der Waals surface area contributed by atoms with Gasteiger partial charge in [-0.3, -0.25) is 4.79 Å². The third kappa shape index (κ3) is 5.09. The van der Waals surface area contributed by atoms with Gasteiger partial charge < -0.3 is 10.1 Å². The number of hydrogen-bond donors (Lipinski definition) is 1. The number of hydrogen-bond acceptors (Lipinski definition) is 5. The number of ether oxygens (including phenoxy) is 1. The number of thiazole rings is 1. The van der Waals surface area contributed by atoms with E-state index in [4.69, 9.17) is 4.74 Å². The first-order valence-corrected chi connectivity index (χ1v) is 8.90. The van der Waals surface area contributed by atoms with E-state index in [9.17, 15) is 14.0 Å². The number of amides is 1. The molecule has 1 heterocycles. The number of nitrogens with zero attached hydrogens (tertiary/aromatic N) is 1. The molecule has 134 valence electrons. The molecule has 1 aromatic heterocycles. The van der Waals surface area contributed by atoms with Gasteiger partial charge >= 0.3 is 5.97 Å². The van der Waals surface area contributed by atoms with Gasteiger partial charge in [0.05, 0.1) is 19.2 Å². The number of esters is 1. The zero-order chi connectivity index (χ0) is 18.4. The number of carbonyl (C=O) groups excluding carboxylic acids is 2. The summed E-state index contributed by atoms with van der Waals surface area (Å²) in [4.78, 5) is 28.5. The number of methoxy groups -OCH3 is 1. The van der Waals surface area contributed by atoms with Crippen molar-refractivity contribution in [1.82, 2.24) is 10.3 Å². The van der Waals surface area contributed by atoms with Crippen LogP contribution in [0.2, 0.25) is 0 Å². The van der Waals surface area contributed by atoms with Gasteiger partial charge in [0.25, 0.3) is 0 Å². The molecule has 2 atom stereocenters. The Kier molecular flexibility index (Phi) is 6.64. The molecule has 2 unspecified atom stereocenters. The zero-order valence-electron chi connectivity index (χ0n) is 14.4. The van der Waals surface area contributed by atoms with Crippen molar-refractivity contribution in [3.05, 3.63) is 41.2 Å². The maximum Gasteiger partial charge on any atom is 0.328 e. The van der Waals surface area contributed by atoms with Gasteiger partial charge in [-0.15, -0.1) is 11.3 Å². The van der Waals surface area contributed by atoms with Crippen LogP contribution in [0.3, 0.4) is 0 Å². The second kappa shape index (κ2) is 8.71. The Bertz CT molecular complexity index is 747. The van der Waals surface area contributed by atoms with Crippen LogP contribution >= 0.6 is 11.3 Å². The van der Waals surface area contributed by atoms with E-state index in [1.54, 1.807) is 17.5 Å². The summed E-state index contributed by atoms with van der Waals surface area (Å²) in [5.41, 5.74) is 1.25. The highest BCUT2D eigenvalue weighted by Gasteiger charge is 2.26. The van der Waals surface area contributed by atoms with Crippen LogP contribution in [-0.4, -0.2) is 30.0 Å². The summed E-state index contributed by atoms with van der Waals surface area (Å²) in [6.07, 6.45) is 0.788. The van der Waals surface area contributed by atoms with Gasteiger partial charge in [0, 0.05) is 10.9 Å². The molecule has 0 spiro atoms. The van der Waals surface area contributed by atoms with Crippen LogP contribution in [0.25, 0.3) is 10.6 Å². The highest BCUT2D eigenvalue weighted by molar-refractivity contribution is 7.13. The number of benzene rings is 1. The van der Waals surface area contributed by atoms with E-state index in [1.165, 1.54) is 30.6 Å². The van der Waals surface area contributed by atoms with E-state index in [-0.39, 0.29) is 24.1 Å². The molecule has 0 aliphatic carbocycles. The monoisotopic (exact) mass is 364 g/mol. The summed E-state index contributed by atoms with van der Waals surface area (Å²) in [6.45, 7) is 3.82. The fourth-order valence-electron chi connectivity index (χ4n) is 2.33. The molecule has 2 rings (SSSR count). The molecule has 0 saturated carbocycles. The molecule has 25 heavy (non-hydrogen) atoms. The minimum atomic E-state index is -0.677. The molecule has 0 radical (unpaired) electrons. The molecular formula is C18H21FN2O3S. The highest BCUT2D eigenvalue weighted by Crippen LogP contribution is 2.24. The van der Waals surface area contributed by atoms with Crippen LogP contribution in [0.4, 0.5) is 4.39 Å². The van der Waals surface area contributed by atoms with Gasteiger partial charge in [-0.25, -0.2) is 14.2 Å². The van der Waals surface area contributed by atoms with E-state index < -0.39 is 12.0 Å². The quantitative estimate of drug-likeness (QED) is 0.766. The molecule has 2 aromatic rings. The van der Waals surface area contributed by atoms with Crippen LogP contribution < -0.4 is 5.32 Å². The van der Waals surface area contributed by atoms with Crippen LogP contribution in [0, 0.1) is 11.7 Å². The molecule has 0 fully saturated rings. The first-order chi connectivity index (χ1) is 11.9. The Hall–Kier alpha value is -2.28. The molecule has 7 heteroatoms. The zero-order valence-corrected chi connectivity index (χ0v) is 15.2. The lowest BCUT2D eigenvalue weighted by molar-refractivity contribution is -0.146. The molecule has 5 nitrogen and oxygen atoms in total. The minimum Gasteiger partial charge on any atom is -0.467 e. The molecule has 0 aliphatic heterocycles. The van der Waals surface area contributed by atoms with E-state index >= 15 is 0 Å². The van der Waals surface area contributed by atoms with Gasteiger partial charge in [-0.2, -0.15) is 0 Å². The maximum absolute atomic E-state index is 13.3. The van der Waals surface area contributed by atoms with Gasteiger partial charge in [0.15, 0.2) is 0 Å². The summed E-state index contributed by atoms with van der Waals surface area (Å²) in [7, 11) is 1.30. The van der Waals surface area contributed by atoms with Gasteiger partial charge in [-0.05, 0) is 18.1 Å². The van der Waals surface area contributed by atoms with E-state index in [0.29, 0.717) is 16.3 Å². The molecule has 0 saturated heterocycles. The topological polar surface area (TPSA) is 68.3 Å². The maximum atomic E-state index is 13.3. The van der Waals surface area contributed by atoms with Crippen LogP contribution in [0.5, 0.6) is 0 Å². The molecule has 0 aliphatic rings. The van der Waals surface area contributed by atoms with Crippen molar-refractivity contribution in [3.8, 4) is 10.6 Å². The third-order valence-electron chi connectivity index (χ3n) is 3.95. The lowest BCUT2D eigenvalue weighted by Gasteiger charge is -2.21. The van der Waals surface area contributed by atoms with Gasteiger partial charge in [0.1, 0.15) is 16.9 Å². The lowest BCUT2D eigenvalue weighted by Crippen LogP contribution is -2.46. The highest BCUT2D eigenvalue weighted by atomic mass is 32.1. The number of aromatic nitrogens is 1. The number of nitrogens with one attached hydrogen (secondary N) is 1. The summed E-state index contributed by atoms with van der Waals surface area (Å²) >= 11 is 1.34. The summed E-state index contributed by atoms with van der Waals surface area (Å²) < 4.78 is 18.1. The largest absolute Gasteiger partial charge is 0.467 e. The Morgan fingerprint density at radius 3 is 2.80 bits per heavy atom.